The van der Waals surface area contributed by atoms with Gasteiger partial charge in [-0.2, -0.15) is 0 Å². The Labute approximate surface area is 158 Å². The van der Waals surface area contributed by atoms with Crippen LogP contribution in [0.5, 0.6) is 0 Å². The summed E-state index contributed by atoms with van der Waals surface area (Å²) in [6.45, 7) is 0. The number of hydrogen-bond donors (Lipinski definition) is 1. The van der Waals surface area contributed by atoms with E-state index in [0.717, 1.165) is 12.8 Å². The highest BCUT2D eigenvalue weighted by Crippen LogP contribution is 2.37. The van der Waals surface area contributed by atoms with Crippen molar-refractivity contribution in [2.75, 3.05) is 0 Å². The molecule has 0 unspecified atom stereocenters. The van der Waals surface area contributed by atoms with Crippen molar-refractivity contribution in [3.8, 4) is 0 Å². The molecule has 0 aliphatic heterocycles. The lowest BCUT2D eigenvalue weighted by Gasteiger charge is -2.12. The van der Waals surface area contributed by atoms with Crippen LogP contribution in [0.1, 0.15) is 24.7 Å². The monoisotopic (exact) mass is 376 g/mol. The van der Waals surface area contributed by atoms with E-state index < -0.39 is 0 Å². The molecule has 2 aromatic carbocycles. The SMILES string of the molecule is O=c1[nH]c(CSc2nc3ccccc3c(=O)n2C2CC2)nc2ccccc12. The van der Waals surface area contributed by atoms with E-state index in [9.17, 15) is 9.59 Å². The summed E-state index contributed by atoms with van der Waals surface area (Å²) in [5.74, 6) is 1.02. The minimum Gasteiger partial charge on any atom is -0.309 e. The molecular formula is C20H16N4O2S. The zero-order valence-electron chi connectivity index (χ0n) is 14.4. The normalized spacial score (nSPS) is 14.1. The van der Waals surface area contributed by atoms with Gasteiger partial charge in [0.1, 0.15) is 5.82 Å². The molecule has 0 saturated heterocycles. The highest BCUT2D eigenvalue weighted by Gasteiger charge is 2.28. The second-order valence-corrected chi connectivity index (χ2v) is 7.58. The highest BCUT2D eigenvalue weighted by molar-refractivity contribution is 7.98. The summed E-state index contributed by atoms with van der Waals surface area (Å²) in [5, 5.41) is 1.90. The van der Waals surface area contributed by atoms with Crippen molar-refractivity contribution in [1.29, 1.82) is 0 Å². The number of hydrogen-bond acceptors (Lipinski definition) is 5. The molecule has 134 valence electrons. The summed E-state index contributed by atoms with van der Waals surface area (Å²) in [6, 6.07) is 14.9. The minimum absolute atomic E-state index is 0.00515. The van der Waals surface area contributed by atoms with E-state index in [-0.39, 0.29) is 17.2 Å². The first-order chi connectivity index (χ1) is 13.2. The number of aromatic nitrogens is 4. The van der Waals surface area contributed by atoms with Gasteiger partial charge in [0.05, 0.1) is 27.6 Å². The molecule has 2 aromatic heterocycles. The van der Waals surface area contributed by atoms with Gasteiger partial charge in [-0.3, -0.25) is 14.2 Å². The number of thioether (sulfide) groups is 1. The van der Waals surface area contributed by atoms with Crippen LogP contribution in [-0.2, 0) is 5.75 Å². The number of para-hydroxylation sites is 2. The summed E-state index contributed by atoms with van der Waals surface area (Å²) in [4.78, 5) is 37.2. The summed E-state index contributed by atoms with van der Waals surface area (Å²) in [5.41, 5.74) is 1.22. The van der Waals surface area contributed by atoms with Gasteiger partial charge in [0.15, 0.2) is 5.16 Å². The number of rotatable bonds is 4. The van der Waals surface area contributed by atoms with Crippen LogP contribution in [0.25, 0.3) is 21.8 Å². The number of nitrogens with one attached hydrogen (secondary N) is 1. The fourth-order valence-electron chi connectivity index (χ4n) is 3.22. The molecule has 0 radical (unpaired) electrons. The van der Waals surface area contributed by atoms with Crippen LogP contribution >= 0.6 is 11.8 Å². The molecule has 6 nitrogen and oxygen atoms in total. The number of benzene rings is 2. The first-order valence-electron chi connectivity index (χ1n) is 8.83. The van der Waals surface area contributed by atoms with E-state index in [1.54, 1.807) is 10.6 Å². The quantitative estimate of drug-likeness (QED) is 0.437. The Morgan fingerprint density at radius 2 is 1.63 bits per heavy atom. The average Bonchev–Trinajstić information content (AvgIpc) is 3.51. The first kappa shape index (κ1) is 16.3. The van der Waals surface area contributed by atoms with E-state index in [1.807, 2.05) is 42.5 Å². The number of fused-ring (bicyclic) bond motifs is 2. The first-order valence-corrected chi connectivity index (χ1v) is 9.81. The molecule has 1 N–H and O–H groups in total. The Hall–Kier alpha value is -2.93. The fourth-order valence-corrected chi connectivity index (χ4v) is 4.15. The summed E-state index contributed by atoms with van der Waals surface area (Å²) in [7, 11) is 0. The molecule has 1 aliphatic rings. The molecule has 1 fully saturated rings. The van der Waals surface area contributed by atoms with Gasteiger partial charge < -0.3 is 4.98 Å². The Morgan fingerprint density at radius 3 is 2.37 bits per heavy atom. The van der Waals surface area contributed by atoms with E-state index in [4.69, 9.17) is 4.98 Å². The van der Waals surface area contributed by atoms with Gasteiger partial charge in [-0.1, -0.05) is 36.0 Å². The summed E-state index contributed by atoms with van der Waals surface area (Å²) in [6.07, 6.45) is 2.00. The van der Waals surface area contributed by atoms with Crippen LogP contribution in [-0.4, -0.2) is 19.5 Å². The predicted octanol–water partition coefficient (Wildman–Crippen LogP) is 3.26. The lowest BCUT2D eigenvalue weighted by molar-refractivity contribution is 0.617. The van der Waals surface area contributed by atoms with Crippen molar-refractivity contribution in [2.24, 2.45) is 0 Å². The van der Waals surface area contributed by atoms with Crippen LogP contribution in [0, 0.1) is 0 Å². The van der Waals surface area contributed by atoms with E-state index in [0.29, 0.717) is 38.5 Å². The molecule has 1 saturated carbocycles. The lowest BCUT2D eigenvalue weighted by atomic mass is 10.2. The molecule has 5 rings (SSSR count). The van der Waals surface area contributed by atoms with E-state index in [2.05, 4.69) is 9.97 Å². The standard InChI is InChI=1S/C20H16N4O2S/c25-18-13-5-1-3-7-15(13)21-17(23-18)11-27-20-22-16-8-4-2-6-14(16)19(26)24(20)12-9-10-12/h1-8,12H,9-11H2,(H,21,23,25). The Kier molecular flexibility index (Phi) is 3.82. The molecule has 27 heavy (non-hydrogen) atoms. The van der Waals surface area contributed by atoms with Crippen molar-refractivity contribution in [1.82, 2.24) is 19.5 Å². The maximum Gasteiger partial charge on any atom is 0.262 e. The summed E-state index contributed by atoms with van der Waals surface area (Å²) >= 11 is 1.43. The van der Waals surface area contributed by atoms with Gasteiger partial charge in [0.25, 0.3) is 11.1 Å². The van der Waals surface area contributed by atoms with Crippen LogP contribution in [0.4, 0.5) is 0 Å². The minimum atomic E-state index is -0.151. The molecule has 0 spiro atoms. The maximum absolute atomic E-state index is 12.9. The average molecular weight is 376 g/mol. The van der Waals surface area contributed by atoms with Gasteiger partial charge in [-0.05, 0) is 37.1 Å². The zero-order chi connectivity index (χ0) is 18.4. The zero-order valence-corrected chi connectivity index (χ0v) is 15.2. The maximum atomic E-state index is 12.9. The van der Waals surface area contributed by atoms with Crippen LogP contribution in [0.15, 0.2) is 63.3 Å². The van der Waals surface area contributed by atoms with Crippen LogP contribution < -0.4 is 11.1 Å². The molecule has 4 aromatic rings. The Balaban J connectivity index is 1.54. The van der Waals surface area contributed by atoms with Gasteiger partial charge in [-0.25, -0.2) is 9.97 Å². The van der Waals surface area contributed by atoms with Crippen molar-refractivity contribution < 1.29 is 0 Å². The third-order valence-corrected chi connectivity index (χ3v) is 5.65. The van der Waals surface area contributed by atoms with Crippen LogP contribution in [0.3, 0.4) is 0 Å². The molecule has 0 amide bonds. The summed E-state index contributed by atoms with van der Waals surface area (Å²) < 4.78 is 1.80. The van der Waals surface area contributed by atoms with Gasteiger partial charge in [-0.15, -0.1) is 0 Å². The van der Waals surface area contributed by atoms with Gasteiger partial charge in [0.2, 0.25) is 0 Å². The van der Waals surface area contributed by atoms with Crippen LogP contribution in [0.2, 0.25) is 0 Å². The van der Waals surface area contributed by atoms with Crippen molar-refractivity contribution in [2.45, 2.75) is 29.8 Å². The Bertz CT molecular complexity index is 1290. The van der Waals surface area contributed by atoms with Gasteiger partial charge in [0, 0.05) is 6.04 Å². The second-order valence-electron chi connectivity index (χ2n) is 6.64. The second kappa shape index (κ2) is 6.35. The van der Waals surface area contributed by atoms with Crippen molar-refractivity contribution >= 4 is 33.6 Å². The molecule has 0 atom stereocenters. The number of nitrogens with zero attached hydrogens (tertiary/aromatic N) is 3. The lowest BCUT2D eigenvalue weighted by Crippen LogP contribution is -2.22. The van der Waals surface area contributed by atoms with E-state index in [1.165, 1.54) is 11.8 Å². The third kappa shape index (κ3) is 2.94. The predicted molar refractivity (Wildman–Crippen MR) is 106 cm³/mol. The number of aromatic amines is 1. The van der Waals surface area contributed by atoms with Gasteiger partial charge >= 0.3 is 0 Å². The topological polar surface area (TPSA) is 80.6 Å². The van der Waals surface area contributed by atoms with E-state index >= 15 is 0 Å². The van der Waals surface area contributed by atoms with Crippen molar-refractivity contribution in [3.05, 3.63) is 75.1 Å². The smallest absolute Gasteiger partial charge is 0.262 e. The Morgan fingerprint density at radius 1 is 0.963 bits per heavy atom. The highest BCUT2D eigenvalue weighted by atomic mass is 32.2. The molecule has 1 aliphatic carbocycles. The fraction of sp³-hybridized carbons (Fsp3) is 0.200. The molecular weight excluding hydrogens is 360 g/mol. The third-order valence-electron chi connectivity index (χ3n) is 4.69. The van der Waals surface area contributed by atoms with Crippen molar-refractivity contribution in [3.63, 3.8) is 0 Å². The molecule has 7 heteroatoms. The number of H-pyrrole nitrogens is 1. The molecule has 2 heterocycles. The molecule has 0 bridgehead atoms. The largest absolute Gasteiger partial charge is 0.309 e.